The first kappa shape index (κ1) is 21.1. The van der Waals surface area contributed by atoms with Crippen LogP contribution in [0.3, 0.4) is 0 Å². The number of hydrogen-bond donors (Lipinski definition) is 3. The lowest BCUT2D eigenvalue weighted by Gasteiger charge is -2.23. The number of halogens is 1. The van der Waals surface area contributed by atoms with E-state index in [0.29, 0.717) is 12.4 Å². The summed E-state index contributed by atoms with van der Waals surface area (Å²) in [7, 11) is 0. The zero-order valence-corrected chi connectivity index (χ0v) is 17.8. The van der Waals surface area contributed by atoms with E-state index in [1.54, 1.807) is 0 Å². The molecule has 0 aromatic carbocycles. The molecule has 1 aliphatic carbocycles. The van der Waals surface area contributed by atoms with Crippen LogP contribution >= 0.6 is 0 Å². The maximum Gasteiger partial charge on any atom is 0.316 e. The van der Waals surface area contributed by atoms with Crippen LogP contribution in [0.2, 0.25) is 0 Å². The third-order valence-electron chi connectivity index (χ3n) is 6.12. The van der Waals surface area contributed by atoms with Gasteiger partial charge in [0.15, 0.2) is 0 Å². The molecule has 8 heteroatoms. The lowest BCUT2D eigenvalue weighted by atomic mass is 9.93. The molecule has 7 nitrogen and oxygen atoms in total. The van der Waals surface area contributed by atoms with Gasteiger partial charge in [0.2, 0.25) is 5.91 Å². The number of rotatable bonds is 6. The van der Waals surface area contributed by atoms with Gasteiger partial charge in [-0.2, -0.15) is 0 Å². The van der Waals surface area contributed by atoms with Crippen LogP contribution in [0.15, 0.2) is 53.6 Å². The van der Waals surface area contributed by atoms with Crippen molar-refractivity contribution in [2.75, 3.05) is 13.2 Å². The molecule has 1 aromatic rings. The molecule has 3 aliphatic rings. The highest BCUT2D eigenvalue weighted by Gasteiger charge is 2.48. The lowest BCUT2D eigenvalue weighted by Crippen LogP contribution is -2.51. The summed E-state index contributed by atoms with van der Waals surface area (Å²) >= 11 is 0. The van der Waals surface area contributed by atoms with Crippen molar-refractivity contribution in [1.29, 1.82) is 0 Å². The standard InChI is InChI=1S/C23H27FN4O3/c1-13-7-10-31-18(13)11-17(24)15(3)16-12-25-21(29)20(16)27-22(30)28-23(8-9-23)19-6-4-5-14(2)26-19/h4-6,11,16,20H,3,7-10,12H2,1-2H3,(H,25,29)(H2,27,28,30)/b17-11+/t16-,20-/m0/s1. The zero-order chi connectivity index (χ0) is 22.2. The molecule has 0 spiro atoms. The number of nitrogens with one attached hydrogen (secondary N) is 3. The monoisotopic (exact) mass is 426 g/mol. The van der Waals surface area contributed by atoms with E-state index in [1.807, 2.05) is 32.0 Å². The molecule has 0 radical (unpaired) electrons. The number of nitrogens with zero attached hydrogens (tertiary/aromatic N) is 1. The number of urea groups is 1. The normalized spacial score (nSPS) is 24.5. The van der Waals surface area contributed by atoms with E-state index < -0.39 is 29.4 Å². The minimum absolute atomic E-state index is 0.154. The number of hydrogen-bond acceptors (Lipinski definition) is 4. The van der Waals surface area contributed by atoms with Gasteiger partial charge >= 0.3 is 6.03 Å². The fourth-order valence-corrected chi connectivity index (χ4v) is 4.00. The lowest BCUT2D eigenvalue weighted by molar-refractivity contribution is -0.120. The Morgan fingerprint density at radius 3 is 2.81 bits per heavy atom. The molecular formula is C23H27FN4O3. The van der Waals surface area contributed by atoms with Gasteiger partial charge < -0.3 is 20.7 Å². The molecule has 3 heterocycles. The number of carbonyl (C=O) groups is 2. The molecule has 1 aromatic heterocycles. The molecule has 2 aliphatic heterocycles. The maximum absolute atomic E-state index is 14.8. The molecule has 31 heavy (non-hydrogen) atoms. The zero-order valence-electron chi connectivity index (χ0n) is 17.8. The van der Waals surface area contributed by atoms with Crippen LogP contribution in [-0.2, 0) is 15.1 Å². The number of carbonyl (C=O) groups excluding carboxylic acids is 2. The average Bonchev–Trinajstić information content (AvgIpc) is 3.27. The predicted molar refractivity (Wildman–Crippen MR) is 113 cm³/mol. The highest BCUT2D eigenvalue weighted by atomic mass is 19.1. The summed E-state index contributed by atoms with van der Waals surface area (Å²) in [6, 6.07) is 4.29. The SMILES string of the molecule is C=C(/C(F)=C\C1=C(C)CCO1)[C@@H]1CNC(=O)[C@H]1NC(=O)NC1(c2cccc(C)n2)CC1. The van der Waals surface area contributed by atoms with E-state index >= 15 is 0 Å². The van der Waals surface area contributed by atoms with Crippen LogP contribution in [0.1, 0.15) is 37.6 Å². The Hall–Kier alpha value is -3.16. The highest BCUT2D eigenvalue weighted by molar-refractivity contribution is 5.90. The van der Waals surface area contributed by atoms with E-state index in [1.165, 1.54) is 6.08 Å². The van der Waals surface area contributed by atoms with Gasteiger partial charge in [-0.1, -0.05) is 12.6 Å². The molecular weight excluding hydrogens is 399 g/mol. The van der Waals surface area contributed by atoms with Crippen molar-refractivity contribution in [2.24, 2.45) is 5.92 Å². The predicted octanol–water partition coefficient (Wildman–Crippen LogP) is 2.90. The first-order valence-electron chi connectivity index (χ1n) is 10.5. The van der Waals surface area contributed by atoms with Gasteiger partial charge in [-0.05, 0) is 50.0 Å². The van der Waals surface area contributed by atoms with Crippen molar-refractivity contribution < 1.29 is 18.7 Å². The van der Waals surface area contributed by atoms with Crippen LogP contribution in [0, 0.1) is 12.8 Å². The number of amides is 3. The highest BCUT2D eigenvalue weighted by Crippen LogP contribution is 2.44. The van der Waals surface area contributed by atoms with E-state index in [2.05, 4.69) is 27.5 Å². The molecule has 3 amide bonds. The van der Waals surface area contributed by atoms with Crippen LogP contribution in [0.5, 0.6) is 0 Å². The molecule has 4 rings (SSSR count). The molecule has 2 fully saturated rings. The topological polar surface area (TPSA) is 92.4 Å². The van der Waals surface area contributed by atoms with Gasteiger partial charge in [-0.3, -0.25) is 9.78 Å². The van der Waals surface area contributed by atoms with Crippen molar-refractivity contribution in [3.8, 4) is 0 Å². The second kappa shape index (κ2) is 8.17. The number of aromatic nitrogens is 1. The molecule has 0 unspecified atom stereocenters. The second-order valence-electron chi connectivity index (χ2n) is 8.43. The van der Waals surface area contributed by atoms with Crippen molar-refractivity contribution in [2.45, 2.75) is 44.7 Å². The van der Waals surface area contributed by atoms with Crippen LogP contribution in [0.4, 0.5) is 9.18 Å². The number of pyridine rings is 1. The first-order valence-corrected chi connectivity index (χ1v) is 10.5. The first-order chi connectivity index (χ1) is 14.8. The van der Waals surface area contributed by atoms with Crippen LogP contribution in [0.25, 0.3) is 0 Å². The Labute approximate surface area is 180 Å². The Morgan fingerprint density at radius 1 is 1.39 bits per heavy atom. The molecule has 0 bridgehead atoms. The van der Waals surface area contributed by atoms with Crippen molar-refractivity contribution >= 4 is 11.9 Å². The van der Waals surface area contributed by atoms with Gasteiger partial charge in [0.25, 0.3) is 0 Å². The summed E-state index contributed by atoms with van der Waals surface area (Å²) in [5.74, 6) is -1.00. The van der Waals surface area contributed by atoms with E-state index in [9.17, 15) is 14.0 Å². The summed E-state index contributed by atoms with van der Waals surface area (Å²) in [5, 5.41) is 8.35. The average molecular weight is 426 g/mol. The van der Waals surface area contributed by atoms with Crippen molar-refractivity contribution in [3.05, 3.63) is 65.0 Å². The summed E-state index contributed by atoms with van der Waals surface area (Å²) in [5.41, 5.74) is 2.27. The summed E-state index contributed by atoms with van der Waals surface area (Å²) in [6.07, 6.45) is 3.62. The smallest absolute Gasteiger partial charge is 0.316 e. The van der Waals surface area contributed by atoms with E-state index in [-0.39, 0.29) is 18.0 Å². The van der Waals surface area contributed by atoms with Gasteiger partial charge in [-0.25, -0.2) is 9.18 Å². The third-order valence-corrected chi connectivity index (χ3v) is 6.12. The van der Waals surface area contributed by atoms with Gasteiger partial charge in [0.1, 0.15) is 17.6 Å². The molecule has 3 N–H and O–H groups in total. The number of aryl methyl sites for hydroxylation is 1. The molecule has 2 atom stereocenters. The van der Waals surface area contributed by atoms with E-state index in [0.717, 1.165) is 36.2 Å². The quantitative estimate of drug-likeness (QED) is 0.610. The minimum atomic E-state index is -0.910. The Morgan fingerprint density at radius 2 is 2.16 bits per heavy atom. The van der Waals surface area contributed by atoms with Gasteiger partial charge in [0, 0.05) is 30.7 Å². The molecule has 1 saturated heterocycles. The van der Waals surface area contributed by atoms with Crippen LogP contribution < -0.4 is 16.0 Å². The summed E-state index contributed by atoms with van der Waals surface area (Å²) < 4.78 is 20.3. The van der Waals surface area contributed by atoms with E-state index in [4.69, 9.17) is 4.74 Å². The fourth-order valence-electron chi connectivity index (χ4n) is 4.00. The Kier molecular flexibility index (Phi) is 5.56. The molecule has 164 valence electrons. The summed E-state index contributed by atoms with van der Waals surface area (Å²) in [6.45, 7) is 8.36. The number of allylic oxidation sites excluding steroid dienone is 2. The van der Waals surface area contributed by atoms with Crippen molar-refractivity contribution in [3.63, 3.8) is 0 Å². The van der Waals surface area contributed by atoms with Gasteiger partial charge in [0.05, 0.1) is 17.8 Å². The number of ether oxygens (including phenoxy) is 1. The largest absolute Gasteiger partial charge is 0.493 e. The second-order valence-corrected chi connectivity index (χ2v) is 8.43. The van der Waals surface area contributed by atoms with Crippen LogP contribution in [-0.4, -0.2) is 36.1 Å². The third kappa shape index (κ3) is 4.33. The minimum Gasteiger partial charge on any atom is -0.493 e. The Balaban J connectivity index is 1.44. The Bertz CT molecular complexity index is 996. The fraction of sp³-hybridized carbons (Fsp3) is 0.435. The van der Waals surface area contributed by atoms with Gasteiger partial charge in [-0.15, -0.1) is 0 Å². The molecule has 1 saturated carbocycles. The maximum atomic E-state index is 14.8. The van der Waals surface area contributed by atoms with Crippen molar-refractivity contribution in [1.82, 2.24) is 20.9 Å². The summed E-state index contributed by atoms with van der Waals surface area (Å²) in [4.78, 5) is 29.6.